The lowest BCUT2D eigenvalue weighted by Crippen LogP contribution is -2.51. The van der Waals surface area contributed by atoms with Crippen LogP contribution in [0.25, 0.3) is 0 Å². The Kier molecular flexibility index (Phi) is 5.21. The third-order valence-corrected chi connectivity index (χ3v) is 5.35. The van der Waals surface area contributed by atoms with Gasteiger partial charge in [-0.3, -0.25) is 9.59 Å². The lowest BCUT2D eigenvalue weighted by molar-refractivity contribution is -0.131. The van der Waals surface area contributed by atoms with Gasteiger partial charge in [0.2, 0.25) is 21.8 Å². The molecule has 2 N–H and O–H groups in total. The lowest BCUT2D eigenvalue weighted by Gasteiger charge is -2.30. The number of nitrogens with zero attached hydrogens (tertiary/aromatic N) is 1. The molecule has 2 atom stereocenters. The van der Waals surface area contributed by atoms with Crippen molar-refractivity contribution in [3.05, 3.63) is 0 Å². The molecule has 0 bridgehead atoms. The van der Waals surface area contributed by atoms with Gasteiger partial charge < -0.3 is 10.6 Å². The Balaban J connectivity index is 1.94. The molecule has 2 rings (SSSR count). The van der Waals surface area contributed by atoms with E-state index >= 15 is 0 Å². The standard InChI is InChI=1S/C13H23N3O4S/c1-21(19,20)16-8-4-5-10(9-16)12(17)15-11-6-2-3-7-14-13(11)18/h10-11H,2-9H2,1H3,(H,14,18)(H,15,17)/t10-,11+/m1/s1. The monoisotopic (exact) mass is 317 g/mol. The topological polar surface area (TPSA) is 95.6 Å². The molecule has 0 aromatic heterocycles. The minimum Gasteiger partial charge on any atom is -0.354 e. The van der Waals surface area contributed by atoms with E-state index in [0.29, 0.717) is 32.4 Å². The fraction of sp³-hybridized carbons (Fsp3) is 0.846. The average molecular weight is 317 g/mol. The van der Waals surface area contributed by atoms with Crippen molar-refractivity contribution in [2.75, 3.05) is 25.9 Å². The van der Waals surface area contributed by atoms with Gasteiger partial charge in [0.15, 0.2) is 0 Å². The highest BCUT2D eigenvalue weighted by Gasteiger charge is 2.32. The first-order valence-corrected chi connectivity index (χ1v) is 9.26. The Morgan fingerprint density at radius 2 is 2.05 bits per heavy atom. The Bertz CT molecular complexity index is 506. The molecule has 0 aliphatic carbocycles. The van der Waals surface area contributed by atoms with Gasteiger partial charge in [0.05, 0.1) is 12.2 Å². The van der Waals surface area contributed by atoms with Crippen LogP contribution < -0.4 is 10.6 Å². The van der Waals surface area contributed by atoms with Crippen LogP contribution in [0.5, 0.6) is 0 Å². The number of rotatable bonds is 3. The second-order valence-corrected chi connectivity index (χ2v) is 7.79. The number of sulfonamides is 1. The van der Waals surface area contributed by atoms with Gasteiger partial charge in [-0.15, -0.1) is 0 Å². The number of amides is 2. The van der Waals surface area contributed by atoms with Crippen LogP contribution in [-0.2, 0) is 19.6 Å². The number of piperidine rings is 1. The SMILES string of the molecule is CS(=O)(=O)N1CCC[C@@H](C(=O)N[C@H]2CCCCNC2=O)C1. The first-order chi connectivity index (χ1) is 9.88. The summed E-state index contributed by atoms with van der Waals surface area (Å²) in [6.07, 6.45) is 4.94. The highest BCUT2D eigenvalue weighted by molar-refractivity contribution is 7.88. The number of hydrogen-bond acceptors (Lipinski definition) is 4. The number of hydrogen-bond donors (Lipinski definition) is 2. The third kappa shape index (κ3) is 4.41. The Morgan fingerprint density at radius 3 is 2.76 bits per heavy atom. The van der Waals surface area contributed by atoms with Crippen molar-refractivity contribution >= 4 is 21.8 Å². The van der Waals surface area contributed by atoms with Gasteiger partial charge >= 0.3 is 0 Å². The molecule has 0 aromatic rings. The molecule has 0 spiro atoms. The molecule has 0 aromatic carbocycles. The summed E-state index contributed by atoms with van der Waals surface area (Å²) in [4.78, 5) is 24.1. The molecule has 0 radical (unpaired) electrons. The fourth-order valence-electron chi connectivity index (χ4n) is 2.82. The maximum Gasteiger partial charge on any atom is 0.242 e. The minimum absolute atomic E-state index is 0.142. The normalized spacial score (nSPS) is 28.5. The van der Waals surface area contributed by atoms with Gasteiger partial charge in [-0.2, -0.15) is 0 Å². The molecule has 2 heterocycles. The fourth-order valence-corrected chi connectivity index (χ4v) is 3.74. The highest BCUT2D eigenvalue weighted by Crippen LogP contribution is 2.19. The van der Waals surface area contributed by atoms with Crippen LogP contribution in [0.1, 0.15) is 32.1 Å². The summed E-state index contributed by atoms with van der Waals surface area (Å²) in [6, 6.07) is -0.492. The van der Waals surface area contributed by atoms with E-state index in [1.807, 2.05) is 0 Å². The third-order valence-electron chi connectivity index (χ3n) is 4.08. The van der Waals surface area contributed by atoms with E-state index in [4.69, 9.17) is 0 Å². The molecule has 0 saturated carbocycles. The molecule has 2 aliphatic heterocycles. The van der Waals surface area contributed by atoms with Crippen LogP contribution in [0.15, 0.2) is 0 Å². The van der Waals surface area contributed by atoms with Gasteiger partial charge in [0.25, 0.3) is 0 Å². The first-order valence-electron chi connectivity index (χ1n) is 7.41. The predicted octanol–water partition coefficient (Wildman–Crippen LogP) is -0.557. The quantitative estimate of drug-likeness (QED) is 0.729. The second-order valence-electron chi connectivity index (χ2n) is 5.81. The molecule has 7 nitrogen and oxygen atoms in total. The van der Waals surface area contributed by atoms with Gasteiger partial charge in [0.1, 0.15) is 6.04 Å². The summed E-state index contributed by atoms with van der Waals surface area (Å²) in [7, 11) is -3.27. The van der Waals surface area contributed by atoms with Crippen LogP contribution in [0, 0.1) is 5.92 Å². The summed E-state index contributed by atoms with van der Waals surface area (Å²) in [5.41, 5.74) is 0. The molecule has 2 aliphatic rings. The van der Waals surface area contributed by atoms with Crippen molar-refractivity contribution in [2.45, 2.75) is 38.1 Å². The van der Waals surface area contributed by atoms with Crippen LogP contribution >= 0.6 is 0 Å². The summed E-state index contributed by atoms with van der Waals surface area (Å²) >= 11 is 0. The Morgan fingerprint density at radius 1 is 1.29 bits per heavy atom. The van der Waals surface area contributed by atoms with E-state index < -0.39 is 16.1 Å². The van der Waals surface area contributed by atoms with Crippen LogP contribution in [0.2, 0.25) is 0 Å². The lowest BCUT2D eigenvalue weighted by atomic mass is 9.98. The van der Waals surface area contributed by atoms with Crippen LogP contribution in [0.3, 0.4) is 0 Å². The zero-order valence-electron chi connectivity index (χ0n) is 12.3. The summed E-state index contributed by atoms with van der Waals surface area (Å²) in [6.45, 7) is 1.32. The Hall–Kier alpha value is -1.15. The molecule has 2 fully saturated rings. The minimum atomic E-state index is -3.27. The number of nitrogens with one attached hydrogen (secondary N) is 2. The maximum absolute atomic E-state index is 12.3. The van der Waals surface area contributed by atoms with Crippen molar-refractivity contribution in [3.8, 4) is 0 Å². The van der Waals surface area contributed by atoms with Crippen molar-refractivity contribution in [2.24, 2.45) is 5.92 Å². The van der Waals surface area contributed by atoms with E-state index in [-0.39, 0.29) is 24.3 Å². The van der Waals surface area contributed by atoms with Gasteiger partial charge in [-0.05, 0) is 32.1 Å². The zero-order chi connectivity index (χ0) is 15.5. The van der Waals surface area contributed by atoms with Gasteiger partial charge in [-0.25, -0.2) is 12.7 Å². The van der Waals surface area contributed by atoms with Crippen molar-refractivity contribution in [1.29, 1.82) is 0 Å². The molecule has 8 heteroatoms. The van der Waals surface area contributed by atoms with E-state index in [1.54, 1.807) is 0 Å². The summed E-state index contributed by atoms with van der Waals surface area (Å²) < 4.78 is 24.5. The van der Waals surface area contributed by atoms with Crippen molar-refractivity contribution in [3.63, 3.8) is 0 Å². The van der Waals surface area contributed by atoms with E-state index in [1.165, 1.54) is 4.31 Å². The van der Waals surface area contributed by atoms with Crippen molar-refractivity contribution in [1.82, 2.24) is 14.9 Å². The van der Waals surface area contributed by atoms with Crippen LogP contribution in [0.4, 0.5) is 0 Å². The molecule has 2 saturated heterocycles. The largest absolute Gasteiger partial charge is 0.354 e. The summed E-state index contributed by atoms with van der Waals surface area (Å²) in [5.74, 6) is -0.730. The Labute approximate surface area is 125 Å². The zero-order valence-corrected chi connectivity index (χ0v) is 13.1. The first kappa shape index (κ1) is 16.2. The molecule has 21 heavy (non-hydrogen) atoms. The number of carbonyl (C=O) groups is 2. The molecule has 2 amide bonds. The molecular formula is C13H23N3O4S. The van der Waals surface area contributed by atoms with E-state index in [0.717, 1.165) is 19.1 Å². The van der Waals surface area contributed by atoms with E-state index in [9.17, 15) is 18.0 Å². The molecule has 0 unspecified atom stereocenters. The van der Waals surface area contributed by atoms with Gasteiger partial charge in [0, 0.05) is 19.6 Å². The second kappa shape index (κ2) is 6.74. The van der Waals surface area contributed by atoms with Crippen molar-refractivity contribution < 1.29 is 18.0 Å². The number of carbonyl (C=O) groups excluding carboxylic acids is 2. The maximum atomic E-state index is 12.3. The smallest absolute Gasteiger partial charge is 0.242 e. The highest BCUT2D eigenvalue weighted by atomic mass is 32.2. The molecular weight excluding hydrogens is 294 g/mol. The van der Waals surface area contributed by atoms with E-state index in [2.05, 4.69) is 10.6 Å². The summed E-state index contributed by atoms with van der Waals surface area (Å²) in [5, 5.41) is 5.55. The van der Waals surface area contributed by atoms with Crippen LogP contribution in [-0.4, -0.2) is 56.5 Å². The van der Waals surface area contributed by atoms with Gasteiger partial charge in [-0.1, -0.05) is 0 Å². The predicted molar refractivity (Wildman–Crippen MR) is 77.9 cm³/mol. The molecule has 120 valence electrons. The average Bonchev–Trinajstić information content (AvgIpc) is 2.63.